The molecular formula is C9H10N2O3. The quantitative estimate of drug-likeness (QED) is 0.718. The smallest absolute Gasteiger partial charge is 0.407 e. The summed E-state index contributed by atoms with van der Waals surface area (Å²) in [5, 5.41) is 2.57. The fourth-order valence-electron chi connectivity index (χ4n) is 1.33. The van der Waals surface area contributed by atoms with Gasteiger partial charge in [-0.2, -0.15) is 0 Å². The van der Waals surface area contributed by atoms with Gasteiger partial charge in [-0.25, -0.2) is 4.79 Å². The van der Waals surface area contributed by atoms with Gasteiger partial charge in [0.05, 0.1) is 13.1 Å². The lowest BCUT2D eigenvalue weighted by Crippen LogP contribution is -2.20. The van der Waals surface area contributed by atoms with Gasteiger partial charge in [0.25, 0.3) is 0 Å². The molecule has 14 heavy (non-hydrogen) atoms. The van der Waals surface area contributed by atoms with Crippen molar-refractivity contribution in [2.45, 2.75) is 12.6 Å². The highest BCUT2D eigenvalue weighted by Crippen LogP contribution is 2.02. The van der Waals surface area contributed by atoms with E-state index in [0.717, 1.165) is 0 Å². The van der Waals surface area contributed by atoms with Crippen LogP contribution in [0.1, 0.15) is 0 Å². The van der Waals surface area contributed by atoms with Crippen LogP contribution < -0.4 is 10.7 Å². The number of cyclic esters (lactones) is 1. The van der Waals surface area contributed by atoms with Gasteiger partial charge in [-0.1, -0.05) is 0 Å². The third kappa shape index (κ3) is 1.93. The first kappa shape index (κ1) is 8.80. The summed E-state index contributed by atoms with van der Waals surface area (Å²) < 4.78 is 6.76. The Kier molecular flexibility index (Phi) is 2.22. The number of carbonyl (C=O) groups is 1. The third-order valence-corrected chi connectivity index (χ3v) is 2.02. The maximum absolute atomic E-state index is 10.8. The van der Waals surface area contributed by atoms with Gasteiger partial charge in [0.1, 0.15) is 6.10 Å². The highest BCUT2D eigenvalue weighted by molar-refractivity contribution is 5.69. The lowest BCUT2D eigenvalue weighted by Gasteiger charge is -2.09. The number of nitrogens with one attached hydrogen (secondary N) is 1. The number of nitrogens with zero attached hydrogens (tertiary/aromatic N) is 1. The van der Waals surface area contributed by atoms with E-state index in [4.69, 9.17) is 4.74 Å². The maximum Gasteiger partial charge on any atom is 0.407 e. The second kappa shape index (κ2) is 3.53. The molecule has 2 heterocycles. The second-order valence-corrected chi connectivity index (χ2v) is 3.14. The summed E-state index contributed by atoms with van der Waals surface area (Å²) in [6, 6.07) is 2.95. The topological polar surface area (TPSA) is 60.3 Å². The van der Waals surface area contributed by atoms with Crippen LogP contribution in [-0.2, 0) is 11.3 Å². The van der Waals surface area contributed by atoms with E-state index in [9.17, 15) is 9.59 Å². The van der Waals surface area contributed by atoms with Gasteiger partial charge in [0, 0.05) is 24.5 Å². The SMILES string of the molecule is O=C1NCC(Cn2ccc(=O)cc2)O1. The molecule has 0 aliphatic carbocycles. The molecule has 5 nitrogen and oxygen atoms in total. The number of pyridine rings is 1. The normalized spacial score (nSPS) is 20.3. The van der Waals surface area contributed by atoms with E-state index in [1.54, 1.807) is 12.4 Å². The van der Waals surface area contributed by atoms with Gasteiger partial charge < -0.3 is 14.6 Å². The van der Waals surface area contributed by atoms with Gasteiger partial charge in [-0.15, -0.1) is 0 Å². The van der Waals surface area contributed by atoms with Crippen molar-refractivity contribution in [2.24, 2.45) is 0 Å². The molecule has 1 saturated heterocycles. The molecule has 2 rings (SSSR count). The van der Waals surface area contributed by atoms with Crippen LogP contribution in [0, 0.1) is 0 Å². The predicted molar refractivity (Wildman–Crippen MR) is 49.0 cm³/mol. The number of alkyl carbamates (subject to hydrolysis) is 1. The monoisotopic (exact) mass is 194 g/mol. The lowest BCUT2D eigenvalue weighted by atomic mass is 10.3. The van der Waals surface area contributed by atoms with Gasteiger partial charge in [-0.05, 0) is 0 Å². The Morgan fingerprint density at radius 3 is 2.71 bits per heavy atom. The standard InChI is InChI=1S/C9H10N2O3/c12-7-1-3-11(4-2-7)6-8-5-10-9(13)14-8/h1-4,8H,5-6H2,(H,10,13). The van der Waals surface area contributed by atoms with E-state index in [1.165, 1.54) is 12.1 Å². The minimum Gasteiger partial charge on any atom is -0.442 e. The second-order valence-electron chi connectivity index (χ2n) is 3.14. The number of carbonyl (C=O) groups excluding carboxylic acids is 1. The maximum atomic E-state index is 10.8. The van der Waals surface area contributed by atoms with Crippen molar-refractivity contribution in [3.05, 3.63) is 34.7 Å². The number of hydrogen-bond donors (Lipinski definition) is 1. The Balaban J connectivity index is 2.01. The third-order valence-electron chi connectivity index (χ3n) is 2.02. The molecule has 1 atom stereocenters. The molecule has 1 fully saturated rings. The molecule has 0 aromatic carbocycles. The van der Waals surface area contributed by atoms with Gasteiger partial charge in [0.2, 0.25) is 0 Å². The molecule has 1 aromatic rings. The highest BCUT2D eigenvalue weighted by Gasteiger charge is 2.21. The van der Waals surface area contributed by atoms with E-state index in [0.29, 0.717) is 13.1 Å². The van der Waals surface area contributed by atoms with Crippen molar-refractivity contribution < 1.29 is 9.53 Å². The molecule has 1 aliphatic heterocycles. The largest absolute Gasteiger partial charge is 0.442 e. The molecule has 0 spiro atoms. The van der Waals surface area contributed by atoms with Crippen molar-refractivity contribution in [3.8, 4) is 0 Å². The van der Waals surface area contributed by atoms with Crippen molar-refractivity contribution in [1.82, 2.24) is 9.88 Å². The summed E-state index contributed by atoms with van der Waals surface area (Å²) in [6.45, 7) is 1.09. The zero-order valence-corrected chi connectivity index (χ0v) is 7.47. The predicted octanol–water partition coefficient (Wildman–Crippen LogP) is -0.0433. The minimum atomic E-state index is -0.379. The fraction of sp³-hybridized carbons (Fsp3) is 0.333. The van der Waals surface area contributed by atoms with Crippen LogP contribution >= 0.6 is 0 Å². The highest BCUT2D eigenvalue weighted by atomic mass is 16.6. The first-order valence-corrected chi connectivity index (χ1v) is 4.34. The summed E-state index contributed by atoms with van der Waals surface area (Å²) in [7, 11) is 0. The summed E-state index contributed by atoms with van der Waals surface area (Å²) in [5.74, 6) is 0. The average Bonchev–Trinajstić information content (AvgIpc) is 2.56. The van der Waals surface area contributed by atoms with Crippen molar-refractivity contribution in [1.29, 1.82) is 0 Å². The Morgan fingerprint density at radius 2 is 2.14 bits per heavy atom. The van der Waals surface area contributed by atoms with E-state index in [-0.39, 0.29) is 17.6 Å². The molecule has 1 aliphatic rings. The van der Waals surface area contributed by atoms with Gasteiger partial charge >= 0.3 is 6.09 Å². The molecule has 5 heteroatoms. The number of aromatic nitrogens is 1. The van der Waals surface area contributed by atoms with Gasteiger partial charge in [0.15, 0.2) is 5.43 Å². The Labute approximate surface area is 80.3 Å². The first-order chi connectivity index (χ1) is 6.74. The van der Waals surface area contributed by atoms with Crippen molar-refractivity contribution in [2.75, 3.05) is 6.54 Å². The molecule has 1 N–H and O–H groups in total. The summed E-state index contributed by atoms with van der Waals surface area (Å²) in [4.78, 5) is 21.5. The molecule has 1 unspecified atom stereocenters. The van der Waals surface area contributed by atoms with Crippen LogP contribution in [0.25, 0.3) is 0 Å². The van der Waals surface area contributed by atoms with E-state index in [2.05, 4.69) is 5.32 Å². The van der Waals surface area contributed by atoms with Crippen molar-refractivity contribution >= 4 is 6.09 Å². The molecule has 0 radical (unpaired) electrons. The average molecular weight is 194 g/mol. The zero-order chi connectivity index (χ0) is 9.97. The molecule has 1 amide bonds. The number of ether oxygens (including phenoxy) is 1. The minimum absolute atomic E-state index is 0.0252. The van der Waals surface area contributed by atoms with E-state index in [1.807, 2.05) is 4.57 Å². The van der Waals surface area contributed by atoms with Crippen LogP contribution in [0.15, 0.2) is 29.3 Å². The zero-order valence-electron chi connectivity index (χ0n) is 7.47. The molecule has 1 aromatic heterocycles. The number of amides is 1. The summed E-state index contributed by atoms with van der Waals surface area (Å²) in [6.07, 6.45) is 2.82. The summed E-state index contributed by atoms with van der Waals surface area (Å²) >= 11 is 0. The Bertz CT molecular complexity index is 379. The van der Waals surface area contributed by atoms with Gasteiger partial charge in [-0.3, -0.25) is 4.79 Å². The Morgan fingerprint density at radius 1 is 1.43 bits per heavy atom. The van der Waals surface area contributed by atoms with E-state index >= 15 is 0 Å². The lowest BCUT2D eigenvalue weighted by molar-refractivity contribution is 0.131. The van der Waals surface area contributed by atoms with Crippen LogP contribution in [0.3, 0.4) is 0 Å². The van der Waals surface area contributed by atoms with Crippen LogP contribution in [0.5, 0.6) is 0 Å². The number of rotatable bonds is 2. The molecule has 0 bridgehead atoms. The molecular weight excluding hydrogens is 184 g/mol. The van der Waals surface area contributed by atoms with Crippen LogP contribution in [0.2, 0.25) is 0 Å². The molecule has 74 valence electrons. The Hall–Kier alpha value is -1.78. The molecule has 0 saturated carbocycles. The number of hydrogen-bond acceptors (Lipinski definition) is 3. The van der Waals surface area contributed by atoms with Crippen molar-refractivity contribution in [3.63, 3.8) is 0 Å². The van der Waals surface area contributed by atoms with Crippen LogP contribution in [0.4, 0.5) is 4.79 Å². The first-order valence-electron chi connectivity index (χ1n) is 4.34. The van der Waals surface area contributed by atoms with Crippen LogP contribution in [-0.4, -0.2) is 23.3 Å². The summed E-state index contributed by atoms with van der Waals surface area (Å²) in [5.41, 5.74) is -0.0252. The fourth-order valence-corrected chi connectivity index (χ4v) is 1.33. The van der Waals surface area contributed by atoms with E-state index < -0.39 is 0 Å².